The minimum absolute atomic E-state index is 0.164. The number of nitrogens with zero attached hydrogens (tertiary/aromatic N) is 2. The Kier molecular flexibility index (Phi) is 8.34. The zero-order valence-electron chi connectivity index (χ0n) is 18.6. The van der Waals surface area contributed by atoms with E-state index in [1.165, 1.54) is 33.5 Å². The lowest BCUT2D eigenvalue weighted by Crippen LogP contribution is -2.41. The number of piperidine rings is 1. The Bertz CT molecular complexity index is 1080. The molecule has 0 saturated carbocycles. The van der Waals surface area contributed by atoms with Crippen LogP contribution in [0, 0.1) is 5.92 Å². The summed E-state index contributed by atoms with van der Waals surface area (Å²) in [6.45, 7) is 0.403. The molecule has 33 heavy (non-hydrogen) atoms. The fourth-order valence-electron chi connectivity index (χ4n) is 3.58. The van der Waals surface area contributed by atoms with Crippen LogP contribution in [0.15, 0.2) is 53.4 Å². The first-order valence-corrected chi connectivity index (χ1v) is 12.3. The number of methoxy groups -OCH3 is 1. The van der Waals surface area contributed by atoms with Crippen molar-refractivity contribution >= 4 is 33.5 Å². The van der Waals surface area contributed by atoms with E-state index in [0.717, 1.165) is 5.56 Å². The minimum Gasteiger partial charge on any atom is -0.497 e. The van der Waals surface area contributed by atoms with E-state index < -0.39 is 21.9 Å². The van der Waals surface area contributed by atoms with E-state index in [0.29, 0.717) is 30.2 Å². The lowest BCUT2D eigenvalue weighted by atomic mass is 9.98. The van der Waals surface area contributed by atoms with Gasteiger partial charge >= 0.3 is 5.97 Å². The first-order chi connectivity index (χ1) is 15.7. The number of likely N-dealkylation sites (N-methyl/N-ethyl adjacent to an activating group) is 1. The van der Waals surface area contributed by atoms with E-state index in [1.54, 1.807) is 14.2 Å². The lowest BCUT2D eigenvalue weighted by Gasteiger charge is -2.30. The van der Waals surface area contributed by atoms with Gasteiger partial charge in [-0.2, -0.15) is 4.31 Å². The maximum absolute atomic E-state index is 12.8. The normalized spacial score (nSPS) is 15.1. The van der Waals surface area contributed by atoms with Crippen molar-refractivity contribution in [1.82, 2.24) is 9.21 Å². The summed E-state index contributed by atoms with van der Waals surface area (Å²) in [5, 5.41) is 0.457. The number of rotatable bonds is 8. The molecule has 1 heterocycles. The average Bonchev–Trinajstić information content (AvgIpc) is 2.82. The van der Waals surface area contributed by atoms with Gasteiger partial charge in [0.05, 0.1) is 17.9 Å². The molecule has 2 aromatic carbocycles. The highest BCUT2D eigenvalue weighted by Crippen LogP contribution is 2.25. The maximum atomic E-state index is 12.8. The Hall–Kier alpha value is -2.62. The Morgan fingerprint density at radius 2 is 1.79 bits per heavy atom. The van der Waals surface area contributed by atoms with Crippen LogP contribution >= 0.6 is 11.6 Å². The number of benzene rings is 2. The van der Waals surface area contributed by atoms with Crippen molar-refractivity contribution in [2.24, 2.45) is 5.92 Å². The van der Waals surface area contributed by atoms with Gasteiger partial charge in [0.25, 0.3) is 5.91 Å². The van der Waals surface area contributed by atoms with Crippen LogP contribution in [-0.2, 0) is 30.9 Å². The third kappa shape index (κ3) is 6.46. The molecule has 0 spiro atoms. The average molecular weight is 495 g/mol. The van der Waals surface area contributed by atoms with Crippen molar-refractivity contribution in [3.05, 3.63) is 59.1 Å². The lowest BCUT2D eigenvalue weighted by molar-refractivity contribution is -0.156. The van der Waals surface area contributed by atoms with E-state index in [2.05, 4.69) is 0 Å². The molecule has 2 aromatic rings. The molecular formula is C23H27ClN2O6S. The zero-order valence-corrected chi connectivity index (χ0v) is 20.1. The van der Waals surface area contributed by atoms with Crippen molar-refractivity contribution in [3.8, 4) is 5.75 Å². The summed E-state index contributed by atoms with van der Waals surface area (Å²) in [5.41, 5.74) is 0.894. The summed E-state index contributed by atoms with van der Waals surface area (Å²) < 4.78 is 37.3. The van der Waals surface area contributed by atoms with Crippen LogP contribution in [-0.4, -0.2) is 63.4 Å². The Morgan fingerprint density at radius 1 is 1.12 bits per heavy atom. The van der Waals surface area contributed by atoms with Crippen molar-refractivity contribution in [3.63, 3.8) is 0 Å². The molecule has 178 valence electrons. The van der Waals surface area contributed by atoms with Gasteiger partial charge in [-0.1, -0.05) is 23.7 Å². The second kappa shape index (κ2) is 11.0. The molecule has 3 rings (SSSR count). The smallest absolute Gasteiger partial charge is 0.309 e. The molecule has 1 saturated heterocycles. The molecule has 0 aromatic heterocycles. The standard InChI is InChI=1S/C23H27ClN2O6S/c1-25(15-17-4-3-5-20(14-17)31-2)22(27)16-32-23(28)18-10-12-26(13-11-18)33(29,30)21-8-6-19(24)7-9-21/h3-9,14,18H,10-13,15-16H2,1-2H3. The molecule has 8 nitrogen and oxygen atoms in total. The number of amides is 1. The predicted octanol–water partition coefficient (Wildman–Crippen LogP) is 2.95. The fourth-order valence-corrected chi connectivity index (χ4v) is 5.18. The third-order valence-corrected chi connectivity index (χ3v) is 7.72. The topological polar surface area (TPSA) is 93.2 Å². The van der Waals surface area contributed by atoms with Crippen LogP contribution in [0.2, 0.25) is 5.02 Å². The summed E-state index contributed by atoms with van der Waals surface area (Å²) in [6.07, 6.45) is 0.666. The molecule has 0 unspecified atom stereocenters. The molecule has 0 aliphatic carbocycles. The molecule has 1 amide bonds. The van der Waals surface area contributed by atoms with Crippen LogP contribution < -0.4 is 4.74 Å². The van der Waals surface area contributed by atoms with Gasteiger partial charge in [0.2, 0.25) is 10.0 Å². The molecule has 1 aliphatic rings. The summed E-state index contributed by atoms with van der Waals surface area (Å²) in [7, 11) is -0.438. The number of hydrogen-bond acceptors (Lipinski definition) is 6. The Balaban J connectivity index is 1.46. The maximum Gasteiger partial charge on any atom is 0.309 e. The van der Waals surface area contributed by atoms with E-state index in [-0.39, 0.29) is 30.5 Å². The monoisotopic (exact) mass is 494 g/mol. The summed E-state index contributed by atoms with van der Waals surface area (Å²) in [5.74, 6) is -0.557. The van der Waals surface area contributed by atoms with Gasteiger partial charge in [0, 0.05) is 31.7 Å². The first-order valence-electron chi connectivity index (χ1n) is 10.5. The van der Waals surface area contributed by atoms with Crippen LogP contribution in [0.25, 0.3) is 0 Å². The van der Waals surface area contributed by atoms with Crippen molar-refractivity contribution in [2.45, 2.75) is 24.3 Å². The van der Waals surface area contributed by atoms with Gasteiger partial charge in [-0.15, -0.1) is 0 Å². The number of carbonyl (C=O) groups is 2. The molecule has 1 fully saturated rings. The van der Waals surface area contributed by atoms with Gasteiger partial charge in [-0.25, -0.2) is 8.42 Å². The largest absolute Gasteiger partial charge is 0.497 e. The van der Waals surface area contributed by atoms with E-state index >= 15 is 0 Å². The molecular weight excluding hydrogens is 468 g/mol. The van der Waals surface area contributed by atoms with Crippen molar-refractivity contribution in [1.29, 1.82) is 0 Å². The molecule has 0 bridgehead atoms. The third-order valence-electron chi connectivity index (χ3n) is 5.56. The highest BCUT2D eigenvalue weighted by atomic mass is 35.5. The van der Waals surface area contributed by atoms with Crippen LogP contribution in [0.4, 0.5) is 0 Å². The van der Waals surface area contributed by atoms with Gasteiger partial charge < -0.3 is 14.4 Å². The van der Waals surface area contributed by atoms with Gasteiger partial charge in [-0.3, -0.25) is 9.59 Å². The predicted molar refractivity (Wildman–Crippen MR) is 123 cm³/mol. The zero-order chi connectivity index (χ0) is 24.0. The molecule has 0 atom stereocenters. The van der Waals surface area contributed by atoms with Gasteiger partial charge in [-0.05, 0) is 54.8 Å². The van der Waals surface area contributed by atoms with E-state index in [9.17, 15) is 18.0 Å². The number of hydrogen-bond donors (Lipinski definition) is 0. The Morgan fingerprint density at radius 3 is 2.42 bits per heavy atom. The number of carbonyl (C=O) groups excluding carboxylic acids is 2. The second-order valence-electron chi connectivity index (χ2n) is 7.84. The summed E-state index contributed by atoms with van der Waals surface area (Å²) >= 11 is 5.83. The molecule has 1 aliphatic heterocycles. The van der Waals surface area contributed by atoms with Crippen molar-refractivity contribution < 1.29 is 27.5 Å². The molecule has 0 N–H and O–H groups in total. The highest BCUT2D eigenvalue weighted by molar-refractivity contribution is 7.89. The van der Waals surface area contributed by atoms with E-state index in [1.807, 2.05) is 24.3 Å². The number of sulfonamides is 1. The van der Waals surface area contributed by atoms with Gasteiger partial charge in [0.15, 0.2) is 6.61 Å². The van der Waals surface area contributed by atoms with Crippen molar-refractivity contribution in [2.75, 3.05) is 33.9 Å². The van der Waals surface area contributed by atoms with Gasteiger partial charge in [0.1, 0.15) is 5.75 Å². The number of esters is 1. The van der Waals surface area contributed by atoms with E-state index in [4.69, 9.17) is 21.1 Å². The molecule has 0 radical (unpaired) electrons. The highest BCUT2D eigenvalue weighted by Gasteiger charge is 2.33. The number of ether oxygens (including phenoxy) is 2. The first kappa shape index (κ1) is 25.0. The molecule has 10 heteroatoms. The SMILES string of the molecule is COc1cccc(CN(C)C(=O)COC(=O)C2CCN(S(=O)(=O)c3ccc(Cl)cc3)CC2)c1. The Labute approximate surface area is 199 Å². The van der Waals surface area contributed by atoms with Crippen LogP contribution in [0.5, 0.6) is 5.75 Å². The summed E-state index contributed by atoms with van der Waals surface area (Å²) in [4.78, 5) is 26.5. The summed E-state index contributed by atoms with van der Waals surface area (Å²) in [6, 6.07) is 13.4. The quantitative estimate of drug-likeness (QED) is 0.524. The second-order valence-corrected chi connectivity index (χ2v) is 10.2. The number of halogens is 1. The fraction of sp³-hybridized carbons (Fsp3) is 0.391. The van der Waals surface area contributed by atoms with Crippen LogP contribution in [0.1, 0.15) is 18.4 Å². The minimum atomic E-state index is -3.65. The van der Waals surface area contributed by atoms with Crippen LogP contribution in [0.3, 0.4) is 0 Å².